The van der Waals surface area contributed by atoms with Crippen molar-refractivity contribution in [1.82, 2.24) is 9.62 Å². The summed E-state index contributed by atoms with van der Waals surface area (Å²) in [7, 11) is -3.88. The fourth-order valence-corrected chi connectivity index (χ4v) is 5.69. The van der Waals surface area contributed by atoms with Crippen molar-refractivity contribution in [2.24, 2.45) is 11.8 Å². The first-order chi connectivity index (χ1) is 15.9. The molecule has 2 aliphatic carbocycles. The van der Waals surface area contributed by atoms with Crippen LogP contribution in [-0.4, -0.2) is 49.0 Å². The number of aliphatic hydroxyl groups is 1. The highest BCUT2D eigenvalue weighted by Gasteiger charge is 2.36. The highest BCUT2D eigenvalue weighted by molar-refractivity contribution is 7.89. The Kier molecular flexibility index (Phi) is 7.67. The van der Waals surface area contributed by atoms with E-state index in [9.17, 15) is 18.3 Å². The van der Waals surface area contributed by atoms with Crippen molar-refractivity contribution in [3.05, 3.63) is 66.4 Å². The van der Waals surface area contributed by atoms with Gasteiger partial charge in [-0.1, -0.05) is 42.5 Å². The van der Waals surface area contributed by atoms with Gasteiger partial charge in [0.15, 0.2) is 0 Å². The highest BCUT2D eigenvalue weighted by atomic mass is 32.2. The maximum absolute atomic E-state index is 13.2. The normalized spacial score (nSPS) is 20.1. The molecule has 0 aliphatic heterocycles. The minimum absolute atomic E-state index is 0.110. The minimum Gasteiger partial charge on any atom is -0.452 e. The van der Waals surface area contributed by atoms with Gasteiger partial charge in [-0.05, 0) is 61.6 Å². The smallest absolute Gasteiger partial charge is 0.276 e. The van der Waals surface area contributed by atoms with Gasteiger partial charge in [0.05, 0.1) is 18.4 Å². The van der Waals surface area contributed by atoms with Crippen LogP contribution in [0.1, 0.15) is 37.7 Å². The van der Waals surface area contributed by atoms with Gasteiger partial charge < -0.3 is 14.8 Å². The Morgan fingerprint density at radius 2 is 1.94 bits per heavy atom. The van der Waals surface area contributed by atoms with E-state index in [-0.39, 0.29) is 23.5 Å². The quantitative estimate of drug-likeness (QED) is 0.463. The fraction of sp³-hybridized carbons (Fsp3) is 0.480. The van der Waals surface area contributed by atoms with Crippen LogP contribution in [0.5, 0.6) is 0 Å². The molecule has 0 bridgehead atoms. The second-order valence-corrected chi connectivity index (χ2v) is 11.0. The van der Waals surface area contributed by atoms with E-state index in [0.29, 0.717) is 25.3 Å². The molecular formula is C25H32N2O5S. The lowest BCUT2D eigenvalue weighted by Gasteiger charge is -2.29. The van der Waals surface area contributed by atoms with E-state index in [1.165, 1.54) is 22.7 Å². The molecule has 1 aromatic heterocycles. The molecule has 0 spiro atoms. The lowest BCUT2D eigenvalue weighted by Crippen LogP contribution is -2.51. The summed E-state index contributed by atoms with van der Waals surface area (Å²) in [4.78, 5) is 12.8. The van der Waals surface area contributed by atoms with Gasteiger partial charge in [0.1, 0.15) is 0 Å². The van der Waals surface area contributed by atoms with Gasteiger partial charge in [0, 0.05) is 19.5 Å². The molecule has 1 heterocycles. The summed E-state index contributed by atoms with van der Waals surface area (Å²) in [5, 5.41) is 14.0. The number of furan rings is 1. The van der Waals surface area contributed by atoms with E-state index in [0.717, 1.165) is 31.2 Å². The van der Waals surface area contributed by atoms with E-state index in [1.54, 1.807) is 0 Å². The van der Waals surface area contributed by atoms with Crippen LogP contribution in [-0.2, 0) is 21.2 Å². The Morgan fingerprint density at radius 1 is 1.15 bits per heavy atom. The lowest BCUT2D eigenvalue weighted by molar-refractivity contribution is -0.123. The second-order valence-electron chi connectivity index (χ2n) is 9.10. The number of rotatable bonds is 12. The van der Waals surface area contributed by atoms with Crippen LogP contribution >= 0.6 is 0 Å². The van der Waals surface area contributed by atoms with Gasteiger partial charge in [-0.3, -0.25) is 4.79 Å². The summed E-state index contributed by atoms with van der Waals surface area (Å²) in [5.74, 6) is 0.373. The molecule has 33 heavy (non-hydrogen) atoms. The van der Waals surface area contributed by atoms with Gasteiger partial charge in [0.25, 0.3) is 10.0 Å². The monoisotopic (exact) mass is 472 g/mol. The Balaban J connectivity index is 1.49. The summed E-state index contributed by atoms with van der Waals surface area (Å²) in [6.07, 6.45) is 9.06. The second kappa shape index (κ2) is 10.7. The number of benzene rings is 1. The molecule has 1 saturated carbocycles. The van der Waals surface area contributed by atoms with Gasteiger partial charge in [-0.15, -0.1) is 0 Å². The Bertz CT molecular complexity index is 1030. The third kappa shape index (κ3) is 6.56. The predicted molar refractivity (Wildman–Crippen MR) is 125 cm³/mol. The predicted octanol–water partition coefficient (Wildman–Crippen LogP) is 3.13. The lowest BCUT2D eigenvalue weighted by atomic mass is 9.99. The number of hydrogen-bond acceptors (Lipinski definition) is 5. The van der Waals surface area contributed by atoms with Crippen molar-refractivity contribution in [3.63, 3.8) is 0 Å². The van der Waals surface area contributed by atoms with Crippen LogP contribution in [0.2, 0.25) is 0 Å². The van der Waals surface area contributed by atoms with E-state index >= 15 is 0 Å². The molecule has 3 atom stereocenters. The molecule has 2 N–H and O–H groups in total. The number of allylic oxidation sites excluding steroid dienone is 2. The zero-order valence-electron chi connectivity index (χ0n) is 18.7. The summed E-state index contributed by atoms with van der Waals surface area (Å²) in [6.45, 7) is 0.222. The van der Waals surface area contributed by atoms with Crippen LogP contribution in [0.15, 0.2) is 70.4 Å². The van der Waals surface area contributed by atoms with Gasteiger partial charge in [-0.25, -0.2) is 8.42 Å². The van der Waals surface area contributed by atoms with E-state index in [4.69, 9.17) is 4.42 Å². The molecular weight excluding hydrogens is 440 g/mol. The first kappa shape index (κ1) is 23.7. The standard InChI is InChI=1S/C25H32N2O5S/c28-23(18-27(17-21-12-13-21)33(30,31)25-11-6-14-32-25)22(15-19-7-2-1-3-8-19)26-24(29)16-20-9-4-5-10-20/h1-4,6-9,11,14,20-23,28H,5,10,12-13,15-18H2,(H,26,29)/t20-,22-,23+/m0/s1. The fourth-order valence-electron chi connectivity index (χ4n) is 4.25. The summed E-state index contributed by atoms with van der Waals surface area (Å²) < 4.78 is 32.8. The minimum atomic E-state index is -3.88. The van der Waals surface area contributed by atoms with E-state index in [1.807, 2.05) is 30.3 Å². The molecule has 178 valence electrons. The number of aliphatic hydroxyl groups excluding tert-OH is 1. The summed E-state index contributed by atoms with van der Waals surface area (Å²) in [5.41, 5.74) is 0.963. The first-order valence-corrected chi connectivity index (χ1v) is 13.1. The molecule has 0 radical (unpaired) electrons. The molecule has 2 aromatic rings. The molecule has 8 heteroatoms. The van der Waals surface area contributed by atoms with Crippen LogP contribution in [0, 0.1) is 11.8 Å². The van der Waals surface area contributed by atoms with Crippen molar-refractivity contribution in [2.45, 2.75) is 55.8 Å². The van der Waals surface area contributed by atoms with Crippen LogP contribution < -0.4 is 5.32 Å². The molecule has 1 amide bonds. The van der Waals surface area contributed by atoms with Crippen LogP contribution in [0.25, 0.3) is 0 Å². The van der Waals surface area contributed by atoms with Gasteiger partial charge in [-0.2, -0.15) is 4.31 Å². The number of amides is 1. The van der Waals surface area contributed by atoms with Crippen molar-refractivity contribution in [2.75, 3.05) is 13.1 Å². The Labute approximate surface area is 195 Å². The van der Waals surface area contributed by atoms with Crippen LogP contribution in [0.3, 0.4) is 0 Å². The molecule has 1 aromatic carbocycles. The Morgan fingerprint density at radius 3 is 2.58 bits per heavy atom. The van der Waals surface area contributed by atoms with Crippen molar-refractivity contribution in [1.29, 1.82) is 0 Å². The van der Waals surface area contributed by atoms with Crippen LogP contribution in [0.4, 0.5) is 0 Å². The highest BCUT2D eigenvalue weighted by Crippen LogP contribution is 2.32. The van der Waals surface area contributed by atoms with Crippen molar-refractivity contribution in [3.8, 4) is 0 Å². The number of nitrogens with zero attached hydrogens (tertiary/aromatic N) is 1. The zero-order valence-corrected chi connectivity index (χ0v) is 19.5. The van der Waals surface area contributed by atoms with Crippen molar-refractivity contribution < 1.29 is 22.7 Å². The Hall–Kier alpha value is -2.42. The molecule has 1 fully saturated rings. The van der Waals surface area contributed by atoms with E-state index < -0.39 is 22.2 Å². The summed E-state index contributed by atoms with van der Waals surface area (Å²) >= 11 is 0. The maximum Gasteiger partial charge on any atom is 0.276 e. The number of carbonyl (C=O) groups is 1. The number of sulfonamides is 1. The first-order valence-electron chi connectivity index (χ1n) is 11.6. The topological polar surface area (TPSA) is 99.9 Å². The third-order valence-electron chi connectivity index (χ3n) is 6.31. The summed E-state index contributed by atoms with van der Waals surface area (Å²) in [6, 6.07) is 11.9. The molecule has 4 rings (SSSR count). The number of nitrogens with one attached hydrogen (secondary N) is 1. The SMILES string of the molecule is O=C(C[C@H]1C=CCC1)N[C@@H](Cc1ccccc1)[C@H](O)CN(CC1CC1)S(=O)(=O)c1ccco1. The zero-order chi connectivity index (χ0) is 23.3. The van der Waals surface area contributed by atoms with Crippen molar-refractivity contribution >= 4 is 15.9 Å². The number of carbonyl (C=O) groups excluding carboxylic acids is 1. The largest absolute Gasteiger partial charge is 0.452 e. The average Bonchev–Trinajstić information content (AvgIpc) is 3.22. The third-order valence-corrected chi connectivity index (χ3v) is 8.03. The molecule has 0 saturated heterocycles. The maximum atomic E-state index is 13.2. The molecule has 7 nitrogen and oxygen atoms in total. The number of hydrogen-bond donors (Lipinski definition) is 2. The van der Waals surface area contributed by atoms with Gasteiger partial charge in [0.2, 0.25) is 11.0 Å². The average molecular weight is 473 g/mol. The molecule has 0 unspecified atom stereocenters. The van der Waals surface area contributed by atoms with E-state index in [2.05, 4.69) is 17.5 Å². The molecule has 2 aliphatic rings. The van der Waals surface area contributed by atoms with Gasteiger partial charge >= 0.3 is 0 Å².